The number of benzene rings is 1. The van der Waals surface area contributed by atoms with Gasteiger partial charge in [-0.05, 0) is 13.1 Å². The molecule has 0 spiro atoms. The minimum atomic E-state index is -0.512. The molecular weight excluding hydrogens is 330 g/mol. The Labute approximate surface area is 143 Å². The molecule has 25 heavy (non-hydrogen) atoms. The molecule has 1 aromatic heterocycles. The summed E-state index contributed by atoms with van der Waals surface area (Å²) >= 11 is 0. The van der Waals surface area contributed by atoms with E-state index in [9.17, 15) is 10.1 Å². The minimum absolute atomic E-state index is 0.0609. The van der Waals surface area contributed by atoms with E-state index in [4.69, 9.17) is 14.0 Å². The van der Waals surface area contributed by atoms with Crippen molar-refractivity contribution in [1.82, 2.24) is 20.4 Å². The summed E-state index contributed by atoms with van der Waals surface area (Å²) in [6.07, 6.45) is 0. The van der Waals surface area contributed by atoms with E-state index in [1.54, 1.807) is 0 Å². The van der Waals surface area contributed by atoms with Crippen molar-refractivity contribution in [2.45, 2.75) is 12.6 Å². The maximum atomic E-state index is 10.9. The Hall–Kier alpha value is -2.72. The highest BCUT2D eigenvalue weighted by molar-refractivity contribution is 5.50. The third-order valence-corrected chi connectivity index (χ3v) is 4.00. The van der Waals surface area contributed by atoms with Gasteiger partial charge in [0, 0.05) is 31.8 Å². The van der Waals surface area contributed by atoms with Gasteiger partial charge in [0.15, 0.2) is 12.4 Å². The number of piperazine rings is 1. The Kier molecular flexibility index (Phi) is 5.10. The van der Waals surface area contributed by atoms with Gasteiger partial charge in [0.05, 0.1) is 18.1 Å². The van der Waals surface area contributed by atoms with Crippen LogP contribution in [0.25, 0.3) is 0 Å². The quantitative estimate of drug-likeness (QED) is 0.605. The van der Waals surface area contributed by atoms with Crippen LogP contribution in [-0.4, -0.2) is 53.8 Å². The summed E-state index contributed by atoms with van der Waals surface area (Å²) in [6.45, 7) is 2.67. The predicted molar refractivity (Wildman–Crippen MR) is 86.5 cm³/mol. The van der Waals surface area contributed by atoms with E-state index >= 15 is 0 Å². The molecule has 1 aromatic carbocycles. The summed E-state index contributed by atoms with van der Waals surface area (Å²) in [6, 6.07) is 4.34. The molecule has 1 unspecified atom stereocenters. The summed E-state index contributed by atoms with van der Waals surface area (Å²) in [5, 5.41) is 18.2. The van der Waals surface area contributed by atoms with Crippen LogP contribution in [0, 0.1) is 10.1 Å². The number of rotatable bonds is 6. The van der Waals surface area contributed by atoms with Crippen LogP contribution in [-0.2, 0) is 6.61 Å². The predicted octanol–water partition coefficient (Wildman–Crippen LogP) is 1.14. The molecule has 0 radical (unpaired) electrons. The van der Waals surface area contributed by atoms with Crippen molar-refractivity contribution < 1.29 is 18.9 Å². The molecule has 1 fully saturated rings. The highest BCUT2D eigenvalue weighted by Crippen LogP contribution is 2.31. The first-order valence-electron chi connectivity index (χ1n) is 7.77. The number of ether oxygens (including phenoxy) is 2. The van der Waals surface area contributed by atoms with Crippen molar-refractivity contribution in [3.8, 4) is 11.5 Å². The van der Waals surface area contributed by atoms with Crippen LogP contribution in [0.5, 0.6) is 11.5 Å². The highest BCUT2D eigenvalue weighted by atomic mass is 16.6. The average Bonchev–Trinajstić information content (AvgIpc) is 3.08. The third kappa shape index (κ3) is 3.86. The van der Waals surface area contributed by atoms with Gasteiger partial charge in [0.1, 0.15) is 5.75 Å². The van der Waals surface area contributed by atoms with Crippen LogP contribution in [0.1, 0.15) is 17.8 Å². The van der Waals surface area contributed by atoms with E-state index in [2.05, 4.69) is 20.4 Å². The fourth-order valence-corrected chi connectivity index (χ4v) is 2.60. The molecule has 1 saturated heterocycles. The number of nitrogens with zero attached hydrogens (tertiary/aromatic N) is 4. The molecular formula is C15H19N5O5. The summed E-state index contributed by atoms with van der Waals surface area (Å²) in [7, 11) is 3.38. The van der Waals surface area contributed by atoms with Crippen molar-refractivity contribution in [3.05, 3.63) is 40.0 Å². The van der Waals surface area contributed by atoms with Crippen LogP contribution in [0.15, 0.2) is 22.7 Å². The Bertz CT molecular complexity index is 750. The maximum absolute atomic E-state index is 10.9. The van der Waals surface area contributed by atoms with Crippen LogP contribution in [0.3, 0.4) is 0 Å². The lowest BCUT2D eigenvalue weighted by Crippen LogP contribution is -2.44. The van der Waals surface area contributed by atoms with E-state index in [1.165, 1.54) is 25.3 Å². The van der Waals surface area contributed by atoms with Crippen LogP contribution in [0.4, 0.5) is 5.69 Å². The molecule has 3 rings (SSSR count). The van der Waals surface area contributed by atoms with E-state index in [0.717, 1.165) is 19.6 Å². The number of aromatic nitrogens is 2. The maximum Gasteiger partial charge on any atom is 0.311 e. The topological polar surface area (TPSA) is 116 Å². The lowest BCUT2D eigenvalue weighted by molar-refractivity contribution is -0.385. The van der Waals surface area contributed by atoms with Crippen molar-refractivity contribution in [1.29, 1.82) is 0 Å². The fraction of sp³-hybridized carbons (Fsp3) is 0.467. The molecule has 10 heteroatoms. The molecule has 1 N–H and O–H groups in total. The lowest BCUT2D eigenvalue weighted by Gasteiger charge is -2.30. The molecule has 2 aromatic rings. The Morgan fingerprint density at radius 2 is 2.36 bits per heavy atom. The Morgan fingerprint density at radius 3 is 3.08 bits per heavy atom. The number of hydrogen-bond donors (Lipinski definition) is 1. The zero-order valence-electron chi connectivity index (χ0n) is 14.0. The standard InChI is InChI=1S/C15H19N5O5/c1-19-6-5-16-8-12(19)15-17-14(25-18-15)9-24-10-3-4-11(20(21)22)13(7-10)23-2/h3-4,7,12,16H,5-6,8-9H2,1-2H3. The second-order valence-electron chi connectivity index (χ2n) is 5.63. The largest absolute Gasteiger partial charge is 0.490 e. The van der Waals surface area contributed by atoms with Crippen LogP contribution in [0.2, 0.25) is 0 Å². The molecule has 10 nitrogen and oxygen atoms in total. The van der Waals surface area contributed by atoms with Crippen molar-refractivity contribution in [2.24, 2.45) is 0 Å². The van der Waals surface area contributed by atoms with E-state index < -0.39 is 4.92 Å². The lowest BCUT2D eigenvalue weighted by atomic mass is 10.2. The minimum Gasteiger partial charge on any atom is -0.490 e. The SMILES string of the molecule is COc1cc(OCc2nc(C3CNCCN3C)no2)ccc1[N+](=O)[O-]. The zero-order chi connectivity index (χ0) is 17.8. The number of methoxy groups -OCH3 is 1. The second-order valence-corrected chi connectivity index (χ2v) is 5.63. The van der Waals surface area contributed by atoms with Gasteiger partial charge in [-0.15, -0.1) is 0 Å². The third-order valence-electron chi connectivity index (χ3n) is 4.00. The van der Waals surface area contributed by atoms with Crippen molar-refractivity contribution in [2.75, 3.05) is 33.8 Å². The van der Waals surface area contributed by atoms with Gasteiger partial charge in [-0.1, -0.05) is 5.16 Å². The number of likely N-dealkylation sites (N-methyl/N-ethyl adjacent to an activating group) is 1. The summed E-state index contributed by atoms with van der Waals surface area (Å²) in [4.78, 5) is 16.9. The first-order valence-corrected chi connectivity index (χ1v) is 7.77. The van der Waals surface area contributed by atoms with E-state index in [0.29, 0.717) is 17.5 Å². The van der Waals surface area contributed by atoms with Gasteiger partial charge in [-0.2, -0.15) is 4.98 Å². The van der Waals surface area contributed by atoms with Gasteiger partial charge >= 0.3 is 5.69 Å². The Balaban J connectivity index is 1.65. The molecule has 1 aliphatic heterocycles. The summed E-state index contributed by atoms with van der Waals surface area (Å²) in [5.74, 6) is 1.49. The van der Waals surface area contributed by atoms with E-state index in [1.807, 2.05) is 7.05 Å². The molecule has 2 heterocycles. The molecule has 1 aliphatic rings. The number of nitro groups is 1. The number of hydrogen-bond acceptors (Lipinski definition) is 9. The molecule has 0 bridgehead atoms. The fourth-order valence-electron chi connectivity index (χ4n) is 2.60. The monoisotopic (exact) mass is 349 g/mol. The van der Waals surface area contributed by atoms with Crippen LogP contribution < -0.4 is 14.8 Å². The summed E-state index contributed by atoms with van der Waals surface area (Å²) < 4.78 is 15.8. The molecule has 0 amide bonds. The highest BCUT2D eigenvalue weighted by Gasteiger charge is 2.25. The van der Waals surface area contributed by atoms with Gasteiger partial charge in [-0.25, -0.2) is 0 Å². The van der Waals surface area contributed by atoms with Crippen molar-refractivity contribution in [3.63, 3.8) is 0 Å². The molecule has 0 saturated carbocycles. The second kappa shape index (κ2) is 7.45. The number of nitrogens with one attached hydrogen (secondary N) is 1. The van der Waals surface area contributed by atoms with Crippen LogP contribution >= 0.6 is 0 Å². The summed E-state index contributed by atoms with van der Waals surface area (Å²) in [5.41, 5.74) is -0.122. The van der Waals surface area contributed by atoms with Gasteiger partial charge in [0.2, 0.25) is 5.75 Å². The van der Waals surface area contributed by atoms with Gasteiger partial charge in [0.25, 0.3) is 5.89 Å². The molecule has 0 aliphatic carbocycles. The van der Waals surface area contributed by atoms with Crippen molar-refractivity contribution >= 4 is 5.69 Å². The first kappa shape index (κ1) is 17.1. The normalized spacial score (nSPS) is 18.1. The molecule has 134 valence electrons. The average molecular weight is 349 g/mol. The zero-order valence-corrected chi connectivity index (χ0v) is 14.0. The Morgan fingerprint density at radius 1 is 1.52 bits per heavy atom. The first-order chi connectivity index (χ1) is 12.1. The van der Waals surface area contributed by atoms with E-state index in [-0.39, 0.29) is 24.1 Å². The smallest absolute Gasteiger partial charge is 0.311 e. The van der Waals surface area contributed by atoms with Gasteiger partial charge < -0.3 is 19.3 Å². The molecule has 1 atom stereocenters. The van der Waals surface area contributed by atoms with Gasteiger partial charge in [-0.3, -0.25) is 15.0 Å². The number of nitro benzene ring substituents is 1.